The van der Waals surface area contributed by atoms with Gasteiger partial charge in [-0.3, -0.25) is 15.6 Å². The summed E-state index contributed by atoms with van der Waals surface area (Å²) in [6.45, 7) is 9.56. The maximum atomic E-state index is 14.8. The van der Waals surface area contributed by atoms with Crippen molar-refractivity contribution < 1.29 is 14.0 Å². The number of carbonyl (C=O) groups excluding carboxylic acids is 2. The van der Waals surface area contributed by atoms with Crippen molar-refractivity contribution in [2.75, 3.05) is 25.0 Å². The van der Waals surface area contributed by atoms with Crippen LogP contribution in [-0.2, 0) is 13.0 Å². The lowest BCUT2D eigenvalue weighted by Crippen LogP contribution is -2.45. The molecule has 3 amide bonds. The number of nitrogens with zero attached hydrogens (tertiary/aromatic N) is 4. The lowest BCUT2D eigenvalue weighted by atomic mass is 9.96. The second-order valence-electron chi connectivity index (χ2n) is 8.57. The molecular weight excluding hydrogens is 449 g/mol. The summed E-state index contributed by atoms with van der Waals surface area (Å²) in [5.74, 6) is -1.12. The lowest BCUT2D eigenvalue weighted by molar-refractivity contribution is 0.102. The average Bonchev–Trinajstić information content (AvgIpc) is 2.84. The molecule has 2 aromatic rings. The highest BCUT2D eigenvalue weighted by atomic mass is 19.1. The molecule has 0 bridgehead atoms. The van der Waals surface area contributed by atoms with E-state index in [1.807, 2.05) is 27.7 Å². The van der Waals surface area contributed by atoms with Crippen molar-refractivity contribution in [2.24, 2.45) is 0 Å². The molecule has 1 aliphatic heterocycles. The third kappa shape index (κ3) is 5.64. The topological polar surface area (TPSA) is 116 Å². The number of amidine groups is 1. The number of benzene rings is 1. The van der Waals surface area contributed by atoms with Gasteiger partial charge in [0.1, 0.15) is 17.3 Å². The van der Waals surface area contributed by atoms with Gasteiger partial charge in [-0.2, -0.15) is 0 Å². The number of hydrogen-bond donors (Lipinski definition) is 3. The molecule has 0 saturated heterocycles. The Labute approximate surface area is 205 Å². The molecule has 3 rings (SSSR count). The smallest absolute Gasteiger partial charge is 0.320 e. The largest absolute Gasteiger partial charge is 0.325 e. The van der Waals surface area contributed by atoms with E-state index in [0.29, 0.717) is 32.6 Å². The first kappa shape index (κ1) is 25.8. The molecule has 0 aliphatic carbocycles. The van der Waals surface area contributed by atoms with E-state index in [2.05, 4.69) is 10.3 Å². The molecule has 0 radical (unpaired) electrons. The van der Waals surface area contributed by atoms with Crippen LogP contribution in [0.3, 0.4) is 0 Å². The van der Waals surface area contributed by atoms with E-state index < -0.39 is 11.7 Å². The molecule has 0 spiro atoms. The van der Waals surface area contributed by atoms with Gasteiger partial charge < -0.3 is 20.0 Å². The Balaban J connectivity index is 1.80. The van der Waals surface area contributed by atoms with Crippen LogP contribution in [0.25, 0.3) is 0 Å². The van der Waals surface area contributed by atoms with Crippen molar-refractivity contribution in [1.29, 1.82) is 10.8 Å². The summed E-state index contributed by atoms with van der Waals surface area (Å²) in [7, 11) is 0. The number of amides is 3. The normalized spacial score (nSPS) is 12.7. The molecule has 0 unspecified atom stereocenters. The maximum Gasteiger partial charge on any atom is 0.320 e. The van der Waals surface area contributed by atoms with Gasteiger partial charge in [0.2, 0.25) is 0 Å². The van der Waals surface area contributed by atoms with Gasteiger partial charge in [0.05, 0.1) is 11.9 Å². The predicted molar refractivity (Wildman–Crippen MR) is 134 cm³/mol. The van der Waals surface area contributed by atoms with E-state index in [4.69, 9.17) is 10.8 Å². The van der Waals surface area contributed by atoms with E-state index in [1.165, 1.54) is 17.0 Å². The number of aromatic nitrogens is 1. The first-order chi connectivity index (χ1) is 16.7. The fraction of sp³-hybridized carbons (Fsp3) is 0.400. The first-order valence-corrected chi connectivity index (χ1v) is 11.7. The minimum Gasteiger partial charge on any atom is -0.325 e. The standard InChI is InChI=1S/C25H32FN7O2/c1-5-31(6-2)25(35)32-11-10-17-13-20(26)19(12-18(17)14-32)24(34)30-22-9-7-8-21(29-22)23(28)33(15-27)16(3)4/h7-9,12-13,15-16,27-28H,5-6,10-11,14H2,1-4H3,(H,29,30,34). The molecule has 1 aromatic carbocycles. The Bertz CT molecular complexity index is 1130. The zero-order valence-electron chi connectivity index (χ0n) is 20.6. The molecule has 0 saturated carbocycles. The summed E-state index contributed by atoms with van der Waals surface area (Å²) in [4.78, 5) is 34.9. The van der Waals surface area contributed by atoms with Crippen LogP contribution in [0.4, 0.5) is 15.0 Å². The Morgan fingerprint density at radius 1 is 1.23 bits per heavy atom. The summed E-state index contributed by atoms with van der Waals surface area (Å²) in [6, 6.07) is 7.49. The van der Waals surface area contributed by atoms with E-state index in [0.717, 1.165) is 17.5 Å². The minimum absolute atomic E-state index is 0.0176. The molecule has 9 nitrogen and oxygen atoms in total. The second-order valence-corrected chi connectivity index (χ2v) is 8.57. The van der Waals surface area contributed by atoms with Crippen molar-refractivity contribution in [1.82, 2.24) is 19.7 Å². The molecule has 35 heavy (non-hydrogen) atoms. The fourth-order valence-corrected chi connectivity index (χ4v) is 4.03. The van der Waals surface area contributed by atoms with Crippen molar-refractivity contribution in [3.05, 3.63) is 58.5 Å². The van der Waals surface area contributed by atoms with Crippen LogP contribution in [0.1, 0.15) is 54.9 Å². The summed E-state index contributed by atoms with van der Waals surface area (Å²) >= 11 is 0. The van der Waals surface area contributed by atoms with E-state index in [1.54, 1.807) is 28.0 Å². The monoisotopic (exact) mass is 481 g/mol. The van der Waals surface area contributed by atoms with Crippen LogP contribution in [0.5, 0.6) is 0 Å². The second kappa shape index (κ2) is 11.1. The minimum atomic E-state index is -0.665. The fourth-order valence-electron chi connectivity index (χ4n) is 4.03. The van der Waals surface area contributed by atoms with Crippen LogP contribution in [0, 0.1) is 16.6 Å². The van der Waals surface area contributed by atoms with E-state index in [9.17, 15) is 14.0 Å². The SMILES string of the molecule is CCN(CC)C(=O)N1CCc2cc(F)c(C(=O)Nc3cccc(C(=N)N(C=N)C(C)C)n3)cc2C1. The first-order valence-electron chi connectivity index (χ1n) is 11.7. The Morgan fingerprint density at radius 3 is 2.57 bits per heavy atom. The molecular formula is C25H32FN7O2. The number of hydrogen-bond acceptors (Lipinski definition) is 5. The predicted octanol–water partition coefficient (Wildman–Crippen LogP) is 3.94. The number of rotatable bonds is 7. The Kier molecular flexibility index (Phi) is 8.16. The highest BCUT2D eigenvalue weighted by Crippen LogP contribution is 2.24. The number of urea groups is 1. The van der Waals surface area contributed by atoms with Crippen molar-refractivity contribution >= 4 is 29.9 Å². The van der Waals surface area contributed by atoms with Gasteiger partial charge in [-0.15, -0.1) is 0 Å². The van der Waals surface area contributed by atoms with Gasteiger partial charge >= 0.3 is 6.03 Å². The third-order valence-corrected chi connectivity index (χ3v) is 6.04. The molecule has 3 N–H and O–H groups in total. The van der Waals surface area contributed by atoms with Crippen LogP contribution in [-0.4, -0.2) is 69.5 Å². The van der Waals surface area contributed by atoms with Crippen LogP contribution in [0.15, 0.2) is 30.3 Å². The molecule has 186 valence electrons. The Hall–Kier alpha value is -3.82. The van der Waals surface area contributed by atoms with Crippen LogP contribution in [0.2, 0.25) is 0 Å². The zero-order valence-corrected chi connectivity index (χ0v) is 20.6. The summed E-state index contributed by atoms with van der Waals surface area (Å²) in [5, 5.41) is 18.4. The third-order valence-electron chi connectivity index (χ3n) is 6.04. The highest BCUT2D eigenvalue weighted by molar-refractivity contribution is 6.05. The molecule has 2 heterocycles. The number of nitrogens with one attached hydrogen (secondary N) is 3. The number of pyridine rings is 1. The zero-order chi connectivity index (χ0) is 25.7. The van der Waals surface area contributed by atoms with Crippen molar-refractivity contribution in [3.63, 3.8) is 0 Å². The molecule has 1 aliphatic rings. The van der Waals surface area contributed by atoms with Gasteiger partial charge in [-0.05, 0) is 69.5 Å². The number of anilines is 1. The van der Waals surface area contributed by atoms with E-state index in [-0.39, 0.29) is 35.0 Å². The Morgan fingerprint density at radius 2 is 1.94 bits per heavy atom. The van der Waals surface area contributed by atoms with Crippen molar-refractivity contribution in [2.45, 2.75) is 46.7 Å². The van der Waals surface area contributed by atoms with Crippen molar-refractivity contribution in [3.8, 4) is 0 Å². The summed E-state index contributed by atoms with van der Waals surface area (Å²) in [5.41, 5.74) is 1.67. The van der Waals surface area contributed by atoms with Gasteiger partial charge in [0.25, 0.3) is 5.91 Å². The highest BCUT2D eigenvalue weighted by Gasteiger charge is 2.26. The molecule has 0 fully saturated rings. The van der Waals surface area contributed by atoms with Gasteiger partial charge in [0.15, 0.2) is 5.84 Å². The molecule has 10 heteroatoms. The number of fused-ring (bicyclic) bond motifs is 1. The van der Waals surface area contributed by atoms with Gasteiger partial charge in [-0.25, -0.2) is 14.2 Å². The van der Waals surface area contributed by atoms with Gasteiger partial charge in [-0.1, -0.05) is 6.07 Å². The number of carbonyl (C=O) groups is 2. The van der Waals surface area contributed by atoms with Gasteiger partial charge in [0, 0.05) is 32.2 Å². The lowest BCUT2D eigenvalue weighted by Gasteiger charge is -2.33. The summed E-state index contributed by atoms with van der Waals surface area (Å²) < 4.78 is 14.8. The molecule has 1 aromatic heterocycles. The van der Waals surface area contributed by atoms with Crippen LogP contribution >= 0.6 is 0 Å². The number of halogens is 1. The summed E-state index contributed by atoms with van der Waals surface area (Å²) in [6.07, 6.45) is 1.57. The average molecular weight is 482 g/mol. The van der Waals surface area contributed by atoms with E-state index >= 15 is 0 Å². The molecule has 0 atom stereocenters. The quantitative estimate of drug-likeness (QED) is 0.410. The van der Waals surface area contributed by atoms with Crippen LogP contribution < -0.4 is 5.32 Å². The maximum absolute atomic E-state index is 14.8.